The zero-order chi connectivity index (χ0) is 14.2. The van der Waals surface area contributed by atoms with Gasteiger partial charge in [-0.2, -0.15) is 0 Å². The van der Waals surface area contributed by atoms with Crippen LogP contribution >= 0.6 is 22.9 Å². The van der Waals surface area contributed by atoms with E-state index in [1.807, 2.05) is 19.2 Å². The number of carboxylic acids is 1. The third-order valence-corrected chi connectivity index (χ3v) is 5.23. The van der Waals surface area contributed by atoms with Gasteiger partial charge in [-0.25, -0.2) is 4.79 Å². The summed E-state index contributed by atoms with van der Waals surface area (Å²) >= 11 is 7.38. The lowest BCUT2D eigenvalue weighted by Crippen LogP contribution is -2.51. The molecule has 4 nitrogen and oxygen atoms in total. The molecule has 1 aliphatic heterocycles. The number of nitrogens with zero attached hydrogens (tertiary/aromatic N) is 1. The van der Waals surface area contributed by atoms with Crippen LogP contribution in [0.3, 0.4) is 0 Å². The molecule has 0 spiro atoms. The number of rotatable bonds is 2. The van der Waals surface area contributed by atoms with Crippen molar-refractivity contribution >= 4 is 34.8 Å². The summed E-state index contributed by atoms with van der Waals surface area (Å²) in [7, 11) is 0. The number of aryl methyl sites for hydroxylation is 1. The molecule has 1 aromatic rings. The Bertz CT molecular complexity index is 514. The minimum absolute atomic E-state index is 0.0324. The first kappa shape index (κ1) is 14.3. The van der Waals surface area contributed by atoms with Crippen LogP contribution in [-0.2, 0) is 4.79 Å². The molecule has 19 heavy (non-hydrogen) atoms. The molecular weight excluding hydrogens is 286 g/mol. The lowest BCUT2D eigenvalue weighted by atomic mass is 9.90. The Morgan fingerprint density at radius 2 is 2.21 bits per heavy atom. The quantitative estimate of drug-likeness (QED) is 0.913. The molecule has 6 heteroatoms. The molecule has 104 valence electrons. The number of thiophene rings is 1. The van der Waals surface area contributed by atoms with Crippen molar-refractivity contribution in [3.05, 3.63) is 20.8 Å². The predicted molar refractivity (Wildman–Crippen MR) is 74.9 cm³/mol. The Morgan fingerprint density at radius 3 is 2.74 bits per heavy atom. The molecule has 1 fully saturated rings. The van der Waals surface area contributed by atoms with E-state index in [9.17, 15) is 14.7 Å². The molecule has 1 saturated heterocycles. The molecule has 0 saturated carbocycles. The molecule has 2 atom stereocenters. The Balaban J connectivity index is 2.31. The van der Waals surface area contributed by atoms with Gasteiger partial charge in [0.05, 0.1) is 5.02 Å². The van der Waals surface area contributed by atoms with E-state index in [2.05, 4.69) is 0 Å². The zero-order valence-electron chi connectivity index (χ0n) is 10.9. The number of carbonyl (C=O) groups excluding carboxylic acids is 1. The summed E-state index contributed by atoms with van der Waals surface area (Å²) in [6, 6.07) is -0.750. The summed E-state index contributed by atoms with van der Waals surface area (Å²) in [5.41, 5.74) is 0.854. The van der Waals surface area contributed by atoms with Crippen LogP contribution in [0.2, 0.25) is 5.02 Å². The average molecular weight is 302 g/mol. The number of hydrogen-bond acceptors (Lipinski definition) is 3. The molecular formula is C13H16ClNO3S. The molecule has 2 rings (SSSR count). The van der Waals surface area contributed by atoms with Crippen molar-refractivity contribution in [2.45, 2.75) is 32.7 Å². The van der Waals surface area contributed by atoms with Gasteiger partial charge in [-0.15, -0.1) is 11.3 Å². The summed E-state index contributed by atoms with van der Waals surface area (Å²) in [4.78, 5) is 25.8. The summed E-state index contributed by atoms with van der Waals surface area (Å²) < 4.78 is 0. The summed E-state index contributed by atoms with van der Waals surface area (Å²) in [6.45, 7) is 4.19. The van der Waals surface area contributed by atoms with Crippen LogP contribution in [0.5, 0.6) is 0 Å². The number of carbonyl (C=O) groups is 2. The number of halogens is 1. The normalized spacial score (nSPS) is 23.4. The van der Waals surface area contributed by atoms with Crippen LogP contribution < -0.4 is 0 Å². The number of amides is 1. The standard InChI is InChI=1S/C13H16ClNO3S/c1-7-4-3-5-15(10(7)13(17)18)12(16)11-9(14)8(2)6-19-11/h6-7,10H,3-5H2,1-2H3,(H,17,18). The Morgan fingerprint density at radius 1 is 1.53 bits per heavy atom. The maximum Gasteiger partial charge on any atom is 0.326 e. The first-order valence-corrected chi connectivity index (χ1v) is 7.46. The van der Waals surface area contributed by atoms with Gasteiger partial charge < -0.3 is 10.0 Å². The van der Waals surface area contributed by atoms with Crippen molar-refractivity contribution in [2.24, 2.45) is 5.92 Å². The monoisotopic (exact) mass is 301 g/mol. The fourth-order valence-corrected chi connectivity index (χ4v) is 3.73. The second-order valence-corrected chi connectivity index (χ2v) is 6.22. The predicted octanol–water partition coefficient (Wildman–Crippen LogP) is 3.04. The van der Waals surface area contributed by atoms with Crippen molar-refractivity contribution in [1.29, 1.82) is 0 Å². The van der Waals surface area contributed by atoms with Crippen LogP contribution in [0.1, 0.15) is 35.0 Å². The van der Waals surface area contributed by atoms with Crippen molar-refractivity contribution in [3.63, 3.8) is 0 Å². The van der Waals surface area contributed by atoms with Crippen LogP contribution in [0.15, 0.2) is 5.38 Å². The van der Waals surface area contributed by atoms with Gasteiger partial charge in [0, 0.05) is 6.54 Å². The van der Waals surface area contributed by atoms with E-state index < -0.39 is 12.0 Å². The van der Waals surface area contributed by atoms with Crippen LogP contribution in [0.25, 0.3) is 0 Å². The number of likely N-dealkylation sites (tertiary alicyclic amines) is 1. The molecule has 1 aliphatic rings. The minimum Gasteiger partial charge on any atom is -0.480 e. The van der Waals surface area contributed by atoms with Crippen molar-refractivity contribution in [2.75, 3.05) is 6.54 Å². The largest absolute Gasteiger partial charge is 0.480 e. The van der Waals surface area contributed by atoms with Gasteiger partial charge in [-0.05, 0) is 36.6 Å². The van der Waals surface area contributed by atoms with Gasteiger partial charge in [0.15, 0.2) is 0 Å². The topological polar surface area (TPSA) is 57.6 Å². The fraction of sp³-hybridized carbons (Fsp3) is 0.538. The fourth-order valence-electron chi connectivity index (χ4n) is 2.50. The molecule has 0 bridgehead atoms. The minimum atomic E-state index is -0.940. The van der Waals surface area contributed by atoms with Gasteiger partial charge in [0.25, 0.3) is 5.91 Å². The number of aliphatic carboxylic acids is 1. The highest BCUT2D eigenvalue weighted by Gasteiger charge is 2.38. The van der Waals surface area contributed by atoms with E-state index in [4.69, 9.17) is 11.6 Å². The van der Waals surface area contributed by atoms with E-state index >= 15 is 0 Å². The molecule has 0 aromatic carbocycles. The Kier molecular flexibility index (Phi) is 4.16. The Hall–Kier alpha value is -1.07. The summed E-state index contributed by atoms with van der Waals surface area (Å²) in [5.74, 6) is -1.23. The van der Waals surface area contributed by atoms with Gasteiger partial charge in [0.1, 0.15) is 10.9 Å². The van der Waals surface area contributed by atoms with Gasteiger partial charge in [-0.1, -0.05) is 18.5 Å². The van der Waals surface area contributed by atoms with E-state index in [0.29, 0.717) is 16.4 Å². The van der Waals surface area contributed by atoms with Gasteiger partial charge >= 0.3 is 5.97 Å². The van der Waals surface area contributed by atoms with Crippen LogP contribution in [0, 0.1) is 12.8 Å². The van der Waals surface area contributed by atoms with Gasteiger partial charge in [0.2, 0.25) is 0 Å². The highest BCUT2D eigenvalue weighted by atomic mass is 35.5. The molecule has 1 aromatic heterocycles. The average Bonchev–Trinajstić information content (AvgIpc) is 2.68. The summed E-state index contributed by atoms with van der Waals surface area (Å²) in [5, 5.41) is 11.6. The highest BCUT2D eigenvalue weighted by Crippen LogP contribution is 2.31. The molecule has 0 aliphatic carbocycles. The Labute approximate surface area is 121 Å². The van der Waals surface area contributed by atoms with Crippen molar-refractivity contribution < 1.29 is 14.7 Å². The summed E-state index contributed by atoms with van der Waals surface area (Å²) in [6.07, 6.45) is 1.66. The lowest BCUT2D eigenvalue weighted by Gasteiger charge is -2.37. The molecule has 2 heterocycles. The molecule has 0 radical (unpaired) electrons. The third kappa shape index (κ3) is 2.62. The smallest absolute Gasteiger partial charge is 0.326 e. The zero-order valence-corrected chi connectivity index (χ0v) is 12.4. The number of piperidine rings is 1. The number of hydrogen-bond donors (Lipinski definition) is 1. The van der Waals surface area contributed by atoms with Gasteiger partial charge in [-0.3, -0.25) is 4.79 Å². The highest BCUT2D eigenvalue weighted by molar-refractivity contribution is 7.13. The molecule has 2 unspecified atom stereocenters. The van der Waals surface area contributed by atoms with E-state index in [-0.39, 0.29) is 11.8 Å². The van der Waals surface area contributed by atoms with Crippen LogP contribution in [0.4, 0.5) is 0 Å². The van der Waals surface area contributed by atoms with Crippen molar-refractivity contribution in [1.82, 2.24) is 4.90 Å². The van der Waals surface area contributed by atoms with E-state index in [0.717, 1.165) is 18.4 Å². The molecule has 1 N–H and O–H groups in total. The lowest BCUT2D eigenvalue weighted by molar-refractivity contribution is -0.145. The second kappa shape index (κ2) is 5.51. The second-order valence-electron chi connectivity index (χ2n) is 4.96. The SMILES string of the molecule is Cc1csc(C(=O)N2CCCC(C)C2C(=O)O)c1Cl. The third-order valence-electron chi connectivity index (χ3n) is 3.54. The van der Waals surface area contributed by atoms with E-state index in [1.54, 1.807) is 0 Å². The van der Waals surface area contributed by atoms with Crippen LogP contribution in [-0.4, -0.2) is 34.5 Å². The first-order valence-electron chi connectivity index (χ1n) is 6.20. The number of carboxylic acid groups (broad SMARTS) is 1. The maximum absolute atomic E-state index is 12.5. The molecule has 1 amide bonds. The maximum atomic E-state index is 12.5. The first-order chi connectivity index (χ1) is 8.93. The van der Waals surface area contributed by atoms with E-state index in [1.165, 1.54) is 16.2 Å². The van der Waals surface area contributed by atoms with Crippen molar-refractivity contribution in [3.8, 4) is 0 Å².